The Morgan fingerprint density at radius 3 is 2.47 bits per heavy atom. The Labute approximate surface area is 108 Å². The molecule has 0 saturated carbocycles. The molecule has 8 nitrogen and oxygen atoms in total. The molecule has 0 fully saturated rings. The molecule has 1 unspecified atom stereocenters. The molecule has 0 heterocycles. The molecule has 0 saturated heterocycles. The molecule has 0 aromatic heterocycles. The Hall–Kier alpha value is -2.64. The highest BCUT2D eigenvalue weighted by molar-refractivity contribution is 5.84. The first-order valence-corrected chi connectivity index (χ1v) is 5.29. The van der Waals surface area contributed by atoms with Gasteiger partial charge in [0, 0.05) is 12.1 Å². The number of carbonyl (C=O) groups is 2. The maximum atomic E-state index is 11.3. The number of amides is 1. The first-order chi connectivity index (χ1) is 8.90. The molecule has 1 rings (SSSR count). The van der Waals surface area contributed by atoms with Gasteiger partial charge in [-0.15, -0.1) is 0 Å². The SMILES string of the molecule is CC(NC(=O)COc1ccc([N+](=O)[O-])cc1)C(=O)O. The Balaban J connectivity index is 2.46. The average Bonchev–Trinajstić information content (AvgIpc) is 2.36. The van der Waals surface area contributed by atoms with E-state index in [2.05, 4.69) is 5.32 Å². The molecule has 1 atom stereocenters. The van der Waals surface area contributed by atoms with Crippen LogP contribution in [0.3, 0.4) is 0 Å². The van der Waals surface area contributed by atoms with Crippen LogP contribution in [0.15, 0.2) is 24.3 Å². The third kappa shape index (κ3) is 4.62. The lowest BCUT2D eigenvalue weighted by atomic mass is 10.3. The highest BCUT2D eigenvalue weighted by Crippen LogP contribution is 2.16. The van der Waals surface area contributed by atoms with Crippen molar-refractivity contribution in [2.45, 2.75) is 13.0 Å². The second-order valence-corrected chi connectivity index (χ2v) is 3.67. The number of aliphatic carboxylic acids is 1. The van der Waals surface area contributed by atoms with Crippen LogP contribution in [0.4, 0.5) is 5.69 Å². The van der Waals surface area contributed by atoms with Gasteiger partial charge >= 0.3 is 5.97 Å². The summed E-state index contributed by atoms with van der Waals surface area (Å²) in [6, 6.07) is 4.19. The number of ether oxygens (including phenoxy) is 1. The summed E-state index contributed by atoms with van der Waals surface area (Å²) in [5.41, 5.74) is -0.0868. The average molecular weight is 268 g/mol. The van der Waals surface area contributed by atoms with Gasteiger partial charge in [0.1, 0.15) is 11.8 Å². The lowest BCUT2D eigenvalue weighted by Gasteiger charge is -2.10. The molecule has 0 aliphatic heterocycles. The van der Waals surface area contributed by atoms with E-state index in [0.717, 1.165) is 0 Å². The minimum atomic E-state index is -1.15. The molecule has 1 aromatic rings. The summed E-state index contributed by atoms with van der Waals surface area (Å²) in [6.45, 7) is 0.960. The normalized spacial score (nSPS) is 11.4. The van der Waals surface area contributed by atoms with E-state index in [0.29, 0.717) is 0 Å². The molecular weight excluding hydrogens is 256 g/mol. The number of nitrogens with one attached hydrogen (secondary N) is 1. The van der Waals surface area contributed by atoms with Crippen LogP contribution in [0.2, 0.25) is 0 Å². The van der Waals surface area contributed by atoms with E-state index in [1.807, 2.05) is 0 Å². The highest BCUT2D eigenvalue weighted by atomic mass is 16.6. The number of carbonyl (C=O) groups excluding carboxylic acids is 1. The maximum absolute atomic E-state index is 11.3. The number of benzene rings is 1. The number of rotatable bonds is 6. The summed E-state index contributed by atoms with van der Waals surface area (Å²) in [7, 11) is 0. The monoisotopic (exact) mass is 268 g/mol. The Kier molecular flexibility index (Phi) is 4.81. The van der Waals surface area contributed by atoms with Gasteiger partial charge in [-0.05, 0) is 19.1 Å². The van der Waals surface area contributed by atoms with Crippen molar-refractivity contribution >= 4 is 17.6 Å². The fraction of sp³-hybridized carbons (Fsp3) is 0.273. The van der Waals surface area contributed by atoms with Crippen molar-refractivity contribution in [3.05, 3.63) is 34.4 Å². The minimum Gasteiger partial charge on any atom is -0.484 e. The van der Waals surface area contributed by atoms with Crippen LogP contribution in [0.5, 0.6) is 5.75 Å². The molecule has 0 aliphatic rings. The van der Waals surface area contributed by atoms with E-state index in [4.69, 9.17) is 9.84 Å². The number of non-ortho nitro benzene ring substituents is 1. The van der Waals surface area contributed by atoms with Gasteiger partial charge in [-0.1, -0.05) is 0 Å². The van der Waals surface area contributed by atoms with Crippen molar-refractivity contribution in [1.29, 1.82) is 0 Å². The van der Waals surface area contributed by atoms with Crippen LogP contribution in [-0.2, 0) is 9.59 Å². The third-order valence-electron chi connectivity index (χ3n) is 2.17. The zero-order valence-corrected chi connectivity index (χ0v) is 10.0. The Morgan fingerprint density at radius 1 is 1.42 bits per heavy atom. The number of carboxylic acids is 1. The quantitative estimate of drug-likeness (QED) is 0.574. The lowest BCUT2D eigenvalue weighted by molar-refractivity contribution is -0.384. The van der Waals surface area contributed by atoms with Gasteiger partial charge in [-0.2, -0.15) is 0 Å². The molecule has 1 amide bonds. The van der Waals surface area contributed by atoms with E-state index in [1.165, 1.54) is 31.2 Å². The van der Waals surface area contributed by atoms with Crippen molar-refractivity contribution in [2.24, 2.45) is 0 Å². The predicted molar refractivity (Wildman–Crippen MR) is 63.8 cm³/mol. The highest BCUT2D eigenvalue weighted by Gasteiger charge is 2.14. The number of carboxylic acid groups (broad SMARTS) is 1. The molecule has 0 spiro atoms. The van der Waals surface area contributed by atoms with Crippen molar-refractivity contribution in [2.75, 3.05) is 6.61 Å². The van der Waals surface area contributed by atoms with Gasteiger partial charge in [-0.25, -0.2) is 0 Å². The largest absolute Gasteiger partial charge is 0.484 e. The molecule has 0 bridgehead atoms. The number of nitro benzene ring substituents is 1. The first-order valence-electron chi connectivity index (χ1n) is 5.29. The third-order valence-corrected chi connectivity index (χ3v) is 2.17. The van der Waals surface area contributed by atoms with E-state index in [9.17, 15) is 19.7 Å². The van der Waals surface area contributed by atoms with Gasteiger partial charge in [0.25, 0.3) is 11.6 Å². The topological polar surface area (TPSA) is 119 Å². The summed E-state index contributed by atoms with van der Waals surface area (Å²) in [5, 5.41) is 21.2. The van der Waals surface area contributed by atoms with Crippen LogP contribution in [0, 0.1) is 10.1 Å². The summed E-state index contributed by atoms with van der Waals surface area (Å²) < 4.78 is 5.06. The van der Waals surface area contributed by atoms with E-state index in [-0.39, 0.29) is 18.0 Å². The van der Waals surface area contributed by atoms with Crippen LogP contribution in [0.25, 0.3) is 0 Å². The molecule has 1 aromatic carbocycles. The lowest BCUT2D eigenvalue weighted by Crippen LogP contribution is -2.40. The van der Waals surface area contributed by atoms with E-state index < -0.39 is 22.8 Å². The number of hydrogen-bond acceptors (Lipinski definition) is 5. The maximum Gasteiger partial charge on any atom is 0.325 e. The molecule has 8 heteroatoms. The Bertz CT molecular complexity index is 484. The van der Waals surface area contributed by atoms with Crippen molar-refractivity contribution in [3.63, 3.8) is 0 Å². The summed E-state index contributed by atoms with van der Waals surface area (Å²) in [4.78, 5) is 31.6. The summed E-state index contributed by atoms with van der Waals surface area (Å²) in [5.74, 6) is -1.46. The fourth-order valence-electron chi connectivity index (χ4n) is 1.16. The number of hydrogen-bond donors (Lipinski definition) is 2. The molecular formula is C11H12N2O6. The smallest absolute Gasteiger partial charge is 0.325 e. The zero-order chi connectivity index (χ0) is 14.4. The van der Waals surface area contributed by atoms with Gasteiger partial charge in [0.05, 0.1) is 4.92 Å². The van der Waals surface area contributed by atoms with Crippen molar-refractivity contribution < 1.29 is 24.4 Å². The van der Waals surface area contributed by atoms with Crippen LogP contribution >= 0.6 is 0 Å². The number of nitrogens with zero attached hydrogens (tertiary/aromatic N) is 1. The Morgan fingerprint density at radius 2 is 2.00 bits per heavy atom. The van der Waals surface area contributed by atoms with E-state index in [1.54, 1.807) is 0 Å². The predicted octanol–water partition coefficient (Wildman–Crippen LogP) is 0.563. The van der Waals surface area contributed by atoms with Crippen LogP contribution in [-0.4, -0.2) is 34.6 Å². The summed E-state index contributed by atoms with van der Waals surface area (Å²) >= 11 is 0. The second-order valence-electron chi connectivity index (χ2n) is 3.67. The van der Waals surface area contributed by atoms with E-state index >= 15 is 0 Å². The molecule has 0 radical (unpaired) electrons. The minimum absolute atomic E-state index is 0.0868. The van der Waals surface area contributed by atoms with Gasteiger partial charge in [0.15, 0.2) is 6.61 Å². The molecule has 19 heavy (non-hydrogen) atoms. The van der Waals surface area contributed by atoms with Gasteiger partial charge in [0.2, 0.25) is 0 Å². The molecule has 0 aliphatic carbocycles. The molecule has 2 N–H and O–H groups in total. The van der Waals surface area contributed by atoms with Gasteiger partial charge < -0.3 is 15.2 Å². The van der Waals surface area contributed by atoms with Crippen LogP contribution in [0.1, 0.15) is 6.92 Å². The standard InChI is InChI=1S/C11H12N2O6/c1-7(11(15)16)12-10(14)6-19-9-4-2-8(3-5-9)13(17)18/h2-5,7H,6H2,1H3,(H,12,14)(H,15,16). The first kappa shape index (κ1) is 14.4. The van der Waals surface area contributed by atoms with Gasteiger partial charge in [-0.3, -0.25) is 19.7 Å². The second kappa shape index (κ2) is 6.34. The van der Waals surface area contributed by atoms with Crippen LogP contribution < -0.4 is 10.1 Å². The number of nitro groups is 1. The molecule has 102 valence electrons. The van der Waals surface area contributed by atoms with Crippen molar-refractivity contribution in [3.8, 4) is 5.75 Å². The fourth-order valence-corrected chi connectivity index (χ4v) is 1.16. The zero-order valence-electron chi connectivity index (χ0n) is 10.0. The summed E-state index contributed by atoms with van der Waals surface area (Å²) in [6.07, 6.45) is 0. The van der Waals surface area contributed by atoms with Crippen molar-refractivity contribution in [1.82, 2.24) is 5.32 Å².